The number of thioether (sulfide) groups is 1. The molecule has 1 heterocycles. The Bertz CT molecular complexity index is 504. The zero-order valence-corrected chi connectivity index (χ0v) is 11.6. The molecule has 0 unspecified atom stereocenters. The summed E-state index contributed by atoms with van der Waals surface area (Å²) >= 11 is 1.83. The Morgan fingerprint density at radius 2 is 2.00 bits per heavy atom. The predicted octanol–water partition coefficient (Wildman–Crippen LogP) is 2.10. The van der Waals surface area contributed by atoms with Crippen molar-refractivity contribution < 1.29 is 0 Å². The summed E-state index contributed by atoms with van der Waals surface area (Å²) in [5.74, 6) is 2.79. The highest BCUT2D eigenvalue weighted by Crippen LogP contribution is 2.22. The lowest BCUT2D eigenvalue weighted by Crippen LogP contribution is -2.08. The molecule has 0 radical (unpaired) electrons. The van der Waals surface area contributed by atoms with Gasteiger partial charge in [-0.05, 0) is 24.4 Å². The molecule has 18 heavy (non-hydrogen) atoms. The Morgan fingerprint density at radius 1 is 1.28 bits per heavy atom. The summed E-state index contributed by atoms with van der Waals surface area (Å²) in [6.45, 7) is 2.75. The van der Waals surface area contributed by atoms with Crippen molar-refractivity contribution in [3.05, 3.63) is 30.1 Å². The maximum atomic E-state index is 5.55. The molecule has 0 saturated heterocycles. The summed E-state index contributed by atoms with van der Waals surface area (Å²) < 4.78 is 1.80. The molecule has 0 fully saturated rings. The fourth-order valence-corrected chi connectivity index (χ4v) is 2.41. The lowest BCUT2D eigenvalue weighted by atomic mass is 10.2. The van der Waals surface area contributed by atoms with Crippen LogP contribution in [0.25, 0.3) is 11.4 Å². The highest BCUT2D eigenvalue weighted by molar-refractivity contribution is 7.99. The number of rotatable bonds is 5. The van der Waals surface area contributed by atoms with Gasteiger partial charge in [-0.15, -0.1) is 11.8 Å². The fraction of sp³-hybridized carbons (Fsp3) is 0.385. The first-order valence-corrected chi connectivity index (χ1v) is 7.06. The molecule has 1 aromatic heterocycles. The molecule has 2 aromatic rings. The second-order valence-electron chi connectivity index (χ2n) is 3.97. The smallest absolute Gasteiger partial charge is 0.181 e. The average molecular weight is 262 g/mol. The number of aryl methyl sites for hydroxylation is 1. The van der Waals surface area contributed by atoms with E-state index >= 15 is 0 Å². The maximum absolute atomic E-state index is 5.55. The van der Waals surface area contributed by atoms with Crippen LogP contribution in [0.4, 0.5) is 0 Å². The van der Waals surface area contributed by atoms with Crippen molar-refractivity contribution in [1.82, 2.24) is 14.8 Å². The summed E-state index contributed by atoms with van der Waals surface area (Å²) in [5.41, 5.74) is 6.60. The Morgan fingerprint density at radius 3 is 2.61 bits per heavy atom. The minimum atomic E-state index is 0.595. The third-order valence-corrected chi connectivity index (χ3v) is 3.54. The average Bonchev–Trinajstić information content (AvgIpc) is 2.73. The highest BCUT2D eigenvalue weighted by Gasteiger charge is 2.08. The largest absolute Gasteiger partial charge is 0.330 e. The molecule has 0 aliphatic heterocycles. The Hall–Kier alpha value is -1.33. The first kappa shape index (κ1) is 13.1. The van der Waals surface area contributed by atoms with Crippen LogP contribution >= 0.6 is 11.8 Å². The van der Waals surface area contributed by atoms with Gasteiger partial charge in [0.15, 0.2) is 5.82 Å². The molecular formula is C13H18N4S. The molecule has 1 aromatic carbocycles. The number of nitrogens with two attached hydrogens (primary N) is 1. The molecule has 0 amide bonds. The van der Waals surface area contributed by atoms with Gasteiger partial charge in [-0.25, -0.2) is 4.98 Å². The van der Waals surface area contributed by atoms with Gasteiger partial charge in [-0.2, -0.15) is 5.10 Å². The van der Waals surface area contributed by atoms with Crippen LogP contribution in [0.3, 0.4) is 0 Å². The molecule has 2 N–H and O–H groups in total. The molecule has 0 atom stereocenters. The van der Waals surface area contributed by atoms with Crippen LogP contribution in [-0.4, -0.2) is 27.1 Å². The number of benzene rings is 1. The van der Waals surface area contributed by atoms with Gasteiger partial charge in [0, 0.05) is 23.9 Å². The summed E-state index contributed by atoms with van der Waals surface area (Å²) in [5, 5.41) is 4.42. The Kier molecular flexibility index (Phi) is 4.38. The van der Waals surface area contributed by atoms with Crippen molar-refractivity contribution in [3.8, 4) is 11.4 Å². The first-order chi connectivity index (χ1) is 8.74. The van der Waals surface area contributed by atoms with E-state index in [-0.39, 0.29) is 0 Å². The first-order valence-electron chi connectivity index (χ1n) is 6.07. The summed E-state index contributed by atoms with van der Waals surface area (Å²) in [7, 11) is 1.91. The van der Waals surface area contributed by atoms with Crippen molar-refractivity contribution in [2.75, 3.05) is 12.3 Å². The summed E-state index contributed by atoms with van der Waals surface area (Å²) in [4.78, 5) is 5.79. The van der Waals surface area contributed by atoms with Crippen molar-refractivity contribution in [2.45, 2.75) is 18.2 Å². The Labute approximate surface area is 112 Å². The molecule has 4 nitrogen and oxygen atoms in total. The van der Waals surface area contributed by atoms with E-state index in [2.05, 4.69) is 41.3 Å². The minimum Gasteiger partial charge on any atom is -0.330 e. The van der Waals surface area contributed by atoms with Crippen LogP contribution in [0.5, 0.6) is 0 Å². The molecule has 0 saturated carbocycles. The number of hydrogen-bond donors (Lipinski definition) is 1. The van der Waals surface area contributed by atoms with Crippen LogP contribution in [0.1, 0.15) is 12.7 Å². The number of hydrogen-bond acceptors (Lipinski definition) is 4. The van der Waals surface area contributed by atoms with Crippen LogP contribution in [0.15, 0.2) is 29.2 Å². The van der Waals surface area contributed by atoms with Gasteiger partial charge >= 0.3 is 0 Å². The van der Waals surface area contributed by atoms with E-state index in [0.29, 0.717) is 6.54 Å². The molecule has 0 aliphatic carbocycles. The third-order valence-electron chi connectivity index (χ3n) is 2.64. The van der Waals surface area contributed by atoms with E-state index in [4.69, 9.17) is 5.73 Å². The molecular weight excluding hydrogens is 244 g/mol. The zero-order valence-electron chi connectivity index (χ0n) is 10.8. The monoisotopic (exact) mass is 262 g/mol. The summed E-state index contributed by atoms with van der Waals surface area (Å²) in [6, 6.07) is 8.37. The zero-order chi connectivity index (χ0) is 13.0. The molecule has 0 spiro atoms. The fourth-order valence-electron chi connectivity index (χ4n) is 1.75. The van der Waals surface area contributed by atoms with E-state index < -0.39 is 0 Å². The van der Waals surface area contributed by atoms with E-state index in [1.54, 1.807) is 4.68 Å². The van der Waals surface area contributed by atoms with Crippen LogP contribution in [-0.2, 0) is 13.5 Å². The van der Waals surface area contributed by atoms with E-state index in [0.717, 1.165) is 29.4 Å². The van der Waals surface area contributed by atoms with Gasteiger partial charge in [0.05, 0.1) is 0 Å². The lowest BCUT2D eigenvalue weighted by molar-refractivity contribution is 0.697. The van der Waals surface area contributed by atoms with Gasteiger partial charge < -0.3 is 5.73 Å². The molecule has 5 heteroatoms. The minimum absolute atomic E-state index is 0.595. The summed E-state index contributed by atoms with van der Waals surface area (Å²) in [6.07, 6.45) is 0.757. The maximum Gasteiger partial charge on any atom is 0.181 e. The molecule has 2 rings (SSSR count). The molecule has 0 aliphatic rings. The van der Waals surface area contributed by atoms with E-state index in [1.807, 2.05) is 18.8 Å². The van der Waals surface area contributed by atoms with Crippen LogP contribution in [0, 0.1) is 0 Å². The van der Waals surface area contributed by atoms with Gasteiger partial charge in [0.1, 0.15) is 5.82 Å². The second-order valence-corrected chi connectivity index (χ2v) is 5.31. The number of nitrogens with zero attached hydrogens (tertiary/aromatic N) is 3. The molecule has 96 valence electrons. The topological polar surface area (TPSA) is 56.7 Å². The van der Waals surface area contributed by atoms with E-state index in [9.17, 15) is 0 Å². The second kappa shape index (κ2) is 6.02. The van der Waals surface area contributed by atoms with Crippen LogP contribution < -0.4 is 5.73 Å². The van der Waals surface area contributed by atoms with Gasteiger partial charge in [-0.3, -0.25) is 4.68 Å². The van der Waals surface area contributed by atoms with Gasteiger partial charge in [-0.1, -0.05) is 19.1 Å². The third kappa shape index (κ3) is 2.91. The van der Waals surface area contributed by atoms with Crippen LogP contribution in [0.2, 0.25) is 0 Å². The predicted molar refractivity (Wildman–Crippen MR) is 75.6 cm³/mol. The van der Waals surface area contributed by atoms with E-state index in [1.165, 1.54) is 4.90 Å². The Balaban J connectivity index is 2.22. The SMILES string of the molecule is CCSc1ccc(-c2nc(CCN)n(C)n2)cc1. The van der Waals surface area contributed by atoms with Crippen molar-refractivity contribution in [2.24, 2.45) is 12.8 Å². The van der Waals surface area contributed by atoms with Gasteiger partial charge in [0.2, 0.25) is 0 Å². The number of aromatic nitrogens is 3. The van der Waals surface area contributed by atoms with Crippen molar-refractivity contribution in [1.29, 1.82) is 0 Å². The lowest BCUT2D eigenvalue weighted by Gasteiger charge is -1.99. The van der Waals surface area contributed by atoms with Crippen molar-refractivity contribution >= 4 is 11.8 Å². The van der Waals surface area contributed by atoms with Gasteiger partial charge in [0.25, 0.3) is 0 Å². The normalized spacial score (nSPS) is 10.8. The quantitative estimate of drug-likeness (QED) is 0.838. The standard InChI is InChI=1S/C13H18N4S/c1-3-18-11-6-4-10(5-7-11)13-15-12(8-9-14)17(2)16-13/h4-7H,3,8-9,14H2,1-2H3. The molecule has 0 bridgehead atoms. The highest BCUT2D eigenvalue weighted by atomic mass is 32.2. The van der Waals surface area contributed by atoms with Crippen molar-refractivity contribution in [3.63, 3.8) is 0 Å².